The summed E-state index contributed by atoms with van der Waals surface area (Å²) in [7, 11) is 2.10. The van der Waals surface area contributed by atoms with E-state index in [-0.39, 0.29) is 17.8 Å². The molecule has 2 aromatic rings. The van der Waals surface area contributed by atoms with Crippen LogP contribution in [0.2, 0.25) is 0 Å². The van der Waals surface area contributed by atoms with E-state index < -0.39 is 0 Å². The van der Waals surface area contributed by atoms with Crippen LogP contribution in [0.4, 0.5) is 10.1 Å². The van der Waals surface area contributed by atoms with Crippen LogP contribution in [0, 0.1) is 5.82 Å². The number of carbonyl (C=O) groups is 1. The van der Waals surface area contributed by atoms with Gasteiger partial charge in [-0.05, 0) is 50.1 Å². The summed E-state index contributed by atoms with van der Waals surface area (Å²) in [6, 6.07) is 8.03. The van der Waals surface area contributed by atoms with Crippen LogP contribution in [0.25, 0.3) is 0 Å². The summed E-state index contributed by atoms with van der Waals surface area (Å²) in [5.41, 5.74) is 2.35. The largest absolute Gasteiger partial charge is 0.369 e. The van der Waals surface area contributed by atoms with Gasteiger partial charge in [-0.25, -0.2) is 9.37 Å². The number of benzene rings is 1. The molecule has 0 spiro atoms. The van der Waals surface area contributed by atoms with Crippen LogP contribution in [-0.4, -0.2) is 54.8 Å². The second kappa shape index (κ2) is 9.39. The number of hydrogen-bond acceptors (Lipinski definition) is 5. The Kier molecular flexibility index (Phi) is 6.91. The summed E-state index contributed by atoms with van der Waals surface area (Å²) in [5, 5.41) is 3.84. The number of carbonyl (C=O) groups excluding carboxylic acids is 1. The second-order valence-electron chi connectivity index (χ2n) is 7.00. The van der Waals surface area contributed by atoms with Gasteiger partial charge in [0.25, 0.3) is 5.91 Å². The number of likely N-dealkylation sites (N-methyl/N-ethyl adjacent to an activating group) is 1. The van der Waals surface area contributed by atoms with Crippen molar-refractivity contribution in [1.82, 2.24) is 15.2 Å². The van der Waals surface area contributed by atoms with Crippen molar-refractivity contribution in [2.45, 2.75) is 24.9 Å². The maximum absolute atomic E-state index is 14.0. The van der Waals surface area contributed by atoms with E-state index in [2.05, 4.69) is 27.1 Å². The van der Waals surface area contributed by atoms with Crippen LogP contribution in [-0.2, 0) is 0 Å². The molecule has 1 aliphatic heterocycles. The number of pyridine rings is 1. The summed E-state index contributed by atoms with van der Waals surface area (Å²) < 4.78 is 14.0. The zero-order chi connectivity index (χ0) is 20.1. The lowest BCUT2D eigenvalue weighted by Gasteiger charge is -2.36. The molecular formula is C21H27FN4OS. The lowest BCUT2D eigenvalue weighted by molar-refractivity contribution is 0.0939. The third-order valence-electron chi connectivity index (χ3n) is 4.94. The topological polar surface area (TPSA) is 48.5 Å². The zero-order valence-corrected chi connectivity index (χ0v) is 17.4. The molecule has 150 valence electrons. The van der Waals surface area contributed by atoms with Gasteiger partial charge >= 0.3 is 0 Å². The highest BCUT2D eigenvalue weighted by Crippen LogP contribution is 2.28. The van der Waals surface area contributed by atoms with Crippen molar-refractivity contribution in [2.75, 3.05) is 43.9 Å². The minimum Gasteiger partial charge on any atom is -0.369 e. The molecule has 5 nitrogen and oxygen atoms in total. The fourth-order valence-electron chi connectivity index (χ4n) is 3.34. The van der Waals surface area contributed by atoms with Gasteiger partial charge in [-0.15, -0.1) is 11.8 Å². The van der Waals surface area contributed by atoms with Crippen LogP contribution in [0.5, 0.6) is 0 Å². The molecule has 0 saturated carbocycles. The highest BCUT2D eigenvalue weighted by Gasteiger charge is 2.21. The van der Waals surface area contributed by atoms with Crippen molar-refractivity contribution in [3.05, 3.63) is 53.5 Å². The average molecular weight is 403 g/mol. The first-order valence-electron chi connectivity index (χ1n) is 9.60. The molecule has 0 radical (unpaired) electrons. The molecule has 7 heteroatoms. The Balaban J connectivity index is 1.78. The Labute approximate surface area is 170 Å². The minimum atomic E-state index is -0.312. The molecule has 2 heterocycles. The first kappa shape index (κ1) is 20.6. The lowest BCUT2D eigenvalue weighted by atomic mass is 10.0. The van der Waals surface area contributed by atoms with Crippen LogP contribution < -0.4 is 10.2 Å². The summed E-state index contributed by atoms with van der Waals surface area (Å²) in [4.78, 5) is 21.5. The van der Waals surface area contributed by atoms with Gasteiger partial charge in [0.05, 0.1) is 11.1 Å². The van der Waals surface area contributed by atoms with E-state index in [0.717, 1.165) is 48.2 Å². The first-order valence-corrected chi connectivity index (χ1v) is 10.6. The van der Waals surface area contributed by atoms with Gasteiger partial charge in [0.1, 0.15) is 5.82 Å². The van der Waals surface area contributed by atoms with Crippen molar-refractivity contribution in [3.8, 4) is 0 Å². The van der Waals surface area contributed by atoms with E-state index in [4.69, 9.17) is 0 Å². The van der Waals surface area contributed by atoms with E-state index >= 15 is 0 Å². The average Bonchev–Trinajstić information content (AvgIpc) is 2.69. The minimum absolute atomic E-state index is 0.179. The van der Waals surface area contributed by atoms with Crippen molar-refractivity contribution >= 4 is 23.4 Å². The molecule has 3 rings (SSSR count). The van der Waals surface area contributed by atoms with Gasteiger partial charge in [0.15, 0.2) is 0 Å². The van der Waals surface area contributed by atoms with Crippen molar-refractivity contribution < 1.29 is 9.18 Å². The predicted molar refractivity (Wildman–Crippen MR) is 113 cm³/mol. The van der Waals surface area contributed by atoms with Crippen LogP contribution in [0.3, 0.4) is 0 Å². The van der Waals surface area contributed by atoms with E-state index in [1.165, 1.54) is 12.1 Å². The molecule has 0 aliphatic carbocycles. The number of nitrogens with one attached hydrogen (secondary N) is 1. The molecule has 1 N–H and O–H groups in total. The molecule has 1 unspecified atom stereocenters. The van der Waals surface area contributed by atoms with Crippen LogP contribution in [0.1, 0.15) is 35.8 Å². The smallest absolute Gasteiger partial charge is 0.251 e. The van der Waals surface area contributed by atoms with Crippen molar-refractivity contribution in [2.24, 2.45) is 0 Å². The number of aromatic nitrogens is 1. The number of rotatable bonds is 6. The Morgan fingerprint density at radius 2 is 2.00 bits per heavy atom. The summed E-state index contributed by atoms with van der Waals surface area (Å²) in [6.45, 7) is 7.65. The third-order valence-corrected chi connectivity index (χ3v) is 5.74. The fraction of sp³-hybridized carbons (Fsp3) is 0.429. The second-order valence-corrected chi connectivity index (χ2v) is 8.29. The molecule has 1 fully saturated rings. The first-order chi connectivity index (χ1) is 13.5. The molecule has 1 amide bonds. The maximum atomic E-state index is 14.0. The number of nitrogens with zero attached hydrogens (tertiary/aromatic N) is 3. The van der Waals surface area contributed by atoms with Crippen molar-refractivity contribution in [3.63, 3.8) is 0 Å². The number of hydrogen-bond donors (Lipinski definition) is 1. The van der Waals surface area contributed by atoms with Gasteiger partial charge in [0.2, 0.25) is 0 Å². The number of amides is 1. The van der Waals surface area contributed by atoms with Crippen molar-refractivity contribution in [1.29, 1.82) is 0 Å². The van der Waals surface area contributed by atoms with Gasteiger partial charge in [-0.2, -0.15) is 0 Å². The Morgan fingerprint density at radius 3 is 2.71 bits per heavy atom. The predicted octanol–water partition coefficient (Wildman–Crippen LogP) is 3.58. The van der Waals surface area contributed by atoms with Gasteiger partial charge in [-0.3, -0.25) is 4.79 Å². The molecular weight excluding hydrogens is 375 g/mol. The van der Waals surface area contributed by atoms with Crippen LogP contribution in [0.15, 0.2) is 41.6 Å². The number of halogens is 1. The Morgan fingerprint density at radius 1 is 1.25 bits per heavy atom. The van der Waals surface area contributed by atoms with E-state index in [1.807, 2.05) is 19.9 Å². The lowest BCUT2D eigenvalue weighted by Crippen LogP contribution is -2.45. The standard InChI is InChI=1S/C21H27FN4OS/c1-4-28-20-13-16(7-8-23-20)21(27)24-15(2)18-14-17(22)5-6-19(18)26-11-9-25(3)10-12-26/h5-8,13-15H,4,9-12H2,1-3H3,(H,24,27). The molecule has 28 heavy (non-hydrogen) atoms. The molecule has 1 atom stereocenters. The van der Waals surface area contributed by atoms with Crippen LogP contribution >= 0.6 is 11.8 Å². The Bertz CT molecular complexity index is 824. The molecule has 0 bridgehead atoms. The number of piperazine rings is 1. The summed E-state index contributed by atoms with van der Waals surface area (Å²) in [5.74, 6) is 0.424. The SMILES string of the molecule is CCSc1cc(C(=O)NC(C)c2cc(F)ccc2N2CCN(C)CC2)ccn1. The summed E-state index contributed by atoms with van der Waals surface area (Å²) in [6.07, 6.45) is 1.65. The Hall–Kier alpha value is -2.12. The maximum Gasteiger partial charge on any atom is 0.251 e. The fourth-order valence-corrected chi connectivity index (χ4v) is 3.98. The highest BCUT2D eigenvalue weighted by molar-refractivity contribution is 7.99. The van der Waals surface area contributed by atoms with E-state index in [9.17, 15) is 9.18 Å². The van der Waals surface area contributed by atoms with E-state index in [0.29, 0.717) is 5.56 Å². The van der Waals surface area contributed by atoms with Gasteiger partial charge < -0.3 is 15.1 Å². The molecule has 1 aromatic carbocycles. The summed E-state index contributed by atoms with van der Waals surface area (Å²) >= 11 is 1.59. The number of thioether (sulfide) groups is 1. The zero-order valence-electron chi connectivity index (χ0n) is 16.6. The normalized spacial score (nSPS) is 16.1. The molecule has 1 aromatic heterocycles. The van der Waals surface area contributed by atoms with Gasteiger partial charge in [-0.1, -0.05) is 6.92 Å². The highest BCUT2D eigenvalue weighted by atomic mass is 32.2. The van der Waals surface area contributed by atoms with Gasteiger partial charge in [0, 0.05) is 49.2 Å². The third kappa shape index (κ3) is 5.02. The van der Waals surface area contributed by atoms with E-state index in [1.54, 1.807) is 30.1 Å². The quantitative estimate of drug-likeness (QED) is 0.749. The molecule has 1 aliphatic rings. The monoisotopic (exact) mass is 402 g/mol. The number of anilines is 1. The molecule has 1 saturated heterocycles.